The van der Waals surface area contributed by atoms with Crippen LogP contribution in [-0.2, 0) is 0 Å². The third-order valence-corrected chi connectivity index (χ3v) is 2.38. The smallest absolute Gasteiger partial charge is 0.257 e. The number of hydrogen-bond acceptors (Lipinski definition) is 6. The Hall–Kier alpha value is -1.92. The number of aliphatic hydroxyl groups is 1. The molecule has 0 bridgehead atoms. The zero-order chi connectivity index (χ0) is 13.0. The van der Waals surface area contributed by atoms with Crippen LogP contribution in [0.25, 0.3) is 11.5 Å². The van der Waals surface area contributed by atoms with Crippen molar-refractivity contribution < 1.29 is 14.4 Å². The van der Waals surface area contributed by atoms with Crippen LogP contribution in [0.1, 0.15) is 18.8 Å². The third kappa shape index (κ3) is 2.66. The fourth-order valence-electron chi connectivity index (χ4n) is 1.44. The van der Waals surface area contributed by atoms with E-state index in [0.717, 1.165) is 11.3 Å². The number of rotatable bonds is 5. The van der Waals surface area contributed by atoms with Crippen LogP contribution < -0.4 is 10.5 Å². The summed E-state index contributed by atoms with van der Waals surface area (Å²) in [5.74, 6) is 1.45. The normalized spacial score (nSPS) is 12.4. The SMILES string of the molecule is CCOc1ccc(-c2nc(C(N)CO)no2)cc1. The Morgan fingerprint density at radius 1 is 1.39 bits per heavy atom. The van der Waals surface area contributed by atoms with Gasteiger partial charge in [-0.05, 0) is 31.2 Å². The second-order valence-electron chi connectivity index (χ2n) is 3.70. The minimum absolute atomic E-state index is 0.220. The lowest BCUT2D eigenvalue weighted by molar-refractivity contribution is 0.260. The zero-order valence-electron chi connectivity index (χ0n) is 10.0. The molecular formula is C12H15N3O3. The van der Waals surface area contributed by atoms with Gasteiger partial charge >= 0.3 is 0 Å². The molecule has 2 rings (SSSR count). The van der Waals surface area contributed by atoms with Gasteiger partial charge < -0.3 is 20.1 Å². The highest BCUT2D eigenvalue weighted by Gasteiger charge is 2.14. The van der Waals surface area contributed by atoms with Gasteiger partial charge in [0.1, 0.15) is 5.75 Å². The van der Waals surface area contributed by atoms with Crippen molar-refractivity contribution in [1.82, 2.24) is 10.1 Å². The summed E-state index contributed by atoms with van der Waals surface area (Å²) in [7, 11) is 0. The second-order valence-corrected chi connectivity index (χ2v) is 3.70. The first-order chi connectivity index (χ1) is 8.74. The van der Waals surface area contributed by atoms with Crippen LogP contribution >= 0.6 is 0 Å². The fourth-order valence-corrected chi connectivity index (χ4v) is 1.44. The summed E-state index contributed by atoms with van der Waals surface area (Å²) in [6.07, 6.45) is 0. The lowest BCUT2D eigenvalue weighted by Crippen LogP contribution is -2.15. The molecule has 2 aromatic rings. The highest BCUT2D eigenvalue weighted by atomic mass is 16.5. The maximum Gasteiger partial charge on any atom is 0.257 e. The van der Waals surface area contributed by atoms with Gasteiger partial charge in [-0.3, -0.25) is 0 Å². The van der Waals surface area contributed by atoms with Crippen molar-refractivity contribution in [2.24, 2.45) is 5.73 Å². The molecule has 1 aromatic carbocycles. The van der Waals surface area contributed by atoms with Gasteiger partial charge in [-0.2, -0.15) is 4.98 Å². The first-order valence-corrected chi connectivity index (χ1v) is 5.68. The predicted octanol–water partition coefficient (Wildman–Crippen LogP) is 1.13. The van der Waals surface area contributed by atoms with Crippen molar-refractivity contribution in [3.8, 4) is 17.2 Å². The second kappa shape index (κ2) is 5.61. The van der Waals surface area contributed by atoms with E-state index in [1.54, 1.807) is 0 Å². The van der Waals surface area contributed by atoms with Crippen LogP contribution in [-0.4, -0.2) is 28.5 Å². The molecule has 18 heavy (non-hydrogen) atoms. The summed E-state index contributed by atoms with van der Waals surface area (Å²) >= 11 is 0. The van der Waals surface area contributed by atoms with Gasteiger partial charge in [0.2, 0.25) is 0 Å². The molecule has 0 saturated heterocycles. The van der Waals surface area contributed by atoms with E-state index < -0.39 is 6.04 Å². The van der Waals surface area contributed by atoms with E-state index in [9.17, 15) is 0 Å². The van der Waals surface area contributed by atoms with Gasteiger partial charge in [0, 0.05) is 5.56 Å². The van der Waals surface area contributed by atoms with Gasteiger partial charge in [0.15, 0.2) is 5.82 Å². The number of aliphatic hydroxyl groups excluding tert-OH is 1. The average molecular weight is 249 g/mol. The minimum atomic E-state index is -0.620. The molecule has 0 fully saturated rings. The molecule has 0 spiro atoms. The molecule has 1 aromatic heterocycles. The third-order valence-electron chi connectivity index (χ3n) is 2.38. The van der Waals surface area contributed by atoms with Crippen LogP contribution in [0.15, 0.2) is 28.8 Å². The highest BCUT2D eigenvalue weighted by molar-refractivity contribution is 5.54. The van der Waals surface area contributed by atoms with Crippen molar-refractivity contribution in [2.45, 2.75) is 13.0 Å². The lowest BCUT2D eigenvalue weighted by Gasteiger charge is -2.02. The minimum Gasteiger partial charge on any atom is -0.494 e. The van der Waals surface area contributed by atoms with Crippen molar-refractivity contribution in [2.75, 3.05) is 13.2 Å². The van der Waals surface area contributed by atoms with Crippen LogP contribution in [0.5, 0.6) is 5.75 Å². The molecular weight excluding hydrogens is 234 g/mol. The maximum atomic E-state index is 8.90. The number of hydrogen-bond donors (Lipinski definition) is 2. The summed E-state index contributed by atoms with van der Waals surface area (Å²) in [5, 5.41) is 12.6. The molecule has 3 N–H and O–H groups in total. The Balaban J connectivity index is 2.18. The van der Waals surface area contributed by atoms with E-state index in [0.29, 0.717) is 18.3 Å². The van der Waals surface area contributed by atoms with Gasteiger partial charge in [-0.15, -0.1) is 0 Å². The Morgan fingerprint density at radius 3 is 2.72 bits per heavy atom. The van der Waals surface area contributed by atoms with E-state index in [4.69, 9.17) is 20.1 Å². The highest BCUT2D eigenvalue weighted by Crippen LogP contribution is 2.21. The molecule has 0 saturated carbocycles. The molecule has 1 unspecified atom stereocenters. The molecule has 0 aliphatic carbocycles. The first-order valence-electron chi connectivity index (χ1n) is 5.68. The number of nitrogens with zero attached hydrogens (tertiary/aromatic N) is 2. The van der Waals surface area contributed by atoms with Gasteiger partial charge in [0.05, 0.1) is 19.3 Å². The Bertz CT molecular complexity index is 496. The van der Waals surface area contributed by atoms with Gasteiger partial charge in [0.25, 0.3) is 5.89 Å². The molecule has 1 atom stereocenters. The fraction of sp³-hybridized carbons (Fsp3) is 0.333. The Morgan fingerprint density at radius 2 is 2.11 bits per heavy atom. The molecule has 0 radical (unpaired) electrons. The largest absolute Gasteiger partial charge is 0.494 e. The predicted molar refractivity (Wildman–Crippen MR) is 64.9 cm³/mol. The average Bonchev–Trinajstić information content (AvgIpc) is 2.89. The van der Waals surface area contributed by atoms with Crippen molar-refractivity contribution in [1.29, 1.82) is 0 Å². The topological polar surface area (TPSA) is 94.4 Å². The Kier molecular flexibility index (Phi) is 3.91. The molecule has 0 aliphatic rings. The van der Waals surface area contributed by atoms with E-state index in [-0.39, 0.29) is 6.61 Å². The van der Waals surface area contributed by atoms with E-state index >= 15 is 0 Å². The number of aromatic nitrogens is 2. The monoisotopic (exact) mass is 249 g/mol. The number of nitrogens with two attached hydrogens (primary N) is 1. The van der Waals surface area contributed by atoms with Crippen molar-refractivity contribution >= 4 is 0 Å². The van der Waals surface area contributed by atoms with Crippen LogP contribution in [0, 0.1) is 0 Å². The number of benzene rings is 1. The molecule has 0 amide bonds. The summed E-state index contributed by atoms with van der Waals surface area (Å²) in [6, 6.07) is 6.69. The summed E-state index contributed by atoms with van der Waals surface area (Å²) in [6.45, 7) is 2.33. The molecule has 96 valence electrons. The van der Waals surface area contributed by atoms with Crippen LogP contribution in [0.3, 0.4) is 0 Å². The quantitative estimate of drug-likeness (QED) is 0.824. The van der Waals surface area contributed by atoms with Crippen molar-refractivity contribution in [3.05, 3.63) is 30.1 Å². The summed E-state index contributed by atoms with van der Waals surface area (Å²) in [5.41, 5.74) is 6.37. The number of ether oxygens (including phenoxy) is 1. The van der Waals surface area contributed by atoms with Gasteiger partial charge in [-0.1, -0.05) is 5.16 Å². The zero-order valence-corrected chi connectivity index (χ0v) is 10.0. The van der Waals surface area contributed by atoms with E-state index in [1.807, 2.05) is 31.2 Å². The summed E-state index contributed by atoms with van der Waals surface area (Å²) < 4.78 is 10.4. The van der Waals surface area contributed by atoms with Crippen molar-refractivity contribution in [3.63, 3.8) is 0 Å². The first kappa shape index (κ1) is 12.5. The maximum absolute atomic E-state index is 8.90. The lowest BCUT2D eigenvalue weighted by atomic mass is 10.2. The molecule has 6 heteroatoms. The summed E-state index contributed by atoms with van der Waals surface area (Å²) in [4.78, 5) is 4.12. The van der Waals surface area contributed by atoms with Crippen LogP contribution in [0.4, 0.5) is 0 Å². The van der Waals surface area contributed by atoms with E-state index in [1.165, 1.54) is 0 Å². The molecule has 0 aliphatic heterocycles. The van der Waals surface area contributed by atoms with Gasteiger partial charge in [-0.25, -0.2) is 0 Å². The van der Waals surface area contributed by atoms with Crippen LogP contribution in [0.2, 0.25) is 0 Å². The molecule has 1 heterocycles. The standard InChI is InChI=1S/C12H15N3O3/c1-2-17-9-5-3-8(4-6-9)12-14-11(15-18-12)10(13)7-16/h3-6,10,16H,2,7,13H2,1H3. The Labute approximate surface area is 104 Å². The molecule has 6 nitrogen and oxygen atoms in total. The van der Waals surface area contributed by atoms with E-state index in [2.05, 4.69) is 10.1 Å².